The van der Waals surface area contributed by atoms with Crippen LogP contribution >= 0.6 is 0 Å². The maximum Gasteiger partial charge on any atom is 0.440 e. The summed E-state index contributed by atoms with van der Waals surface area (Å²) >= 11 is 0. The van der Waals surface area contributed by atoms with Gasteiger partial charge in [-0.25, -0.2) is 9.59 Å². The second-order valence-corrected chi connectivity index (χ2v) is 4.22. The van der Waals surface area contributed by atoms with E-state index >= 15 is 0 Å². The second kappa shape index (κ2) is 14.7. The Labute approximate surface area is 134 Å². The van der Waals surface area contributed by atoms with E-state index < -0.39 is 18.2 Å². The largest absolute Gasteiger partial charge is 0.447 e. The molecule has 8 N–H and O–H groups in total. The van der Waals surface area contributed by atoms with Gasteiger partial charge in [-0.3, -0.25) is 0 Å². The first-order valence-corrected chi connectivity index (χ1v) is 6.49. The summed E-state index contributed by atoms with van der Waals surface area (Å²) in [6, 6.07) is 9.00. The molecule has 0 aliphatic heterocycles. The van der Waals surface area contributed by atoms with Gasteiger partial charge in [-0.05, 0) is 12.0 Å². The molecule has 9 heteroatoms. The minimum Gasteiger partial charge on any atom is -0.447 e. The smallest absolute Gasteiger partial charge is 0.440 e. The molecule has 0 heterocycles. The van der Waals surface area contributed by atoms with E-state index in [0.29, 0.717) is 0 Å². The number of aliphatic hydroxyl groups is 1. The number of nitrogens with one attached hydrogen (secondary N) is 1. The van der Waals surface area contributed by atoms with Crippen LogP contribution < -0.4 is 5.48 Å². The van der Waals surface area contributed by atoms with Crippen LogP contribution in [-0.4, -0.2) is 46.3 Å². The quantitative estimate of drug-likeness (QED) is 0.504. The molecule has 1 rings (SSSR count). The number of amides is 1. The number of aliphatic hydroxyl groups excluding tert-OH is 1. The number of hydroxylamine groups is 1. The number of unbranched alkanes of at least 4 members (excludes halogenated alkanes) is 1. The van der Waals surface area contributed by atoms with Crippen LogP contribution in [0.5, 0.6) is 0 Å². The van der Waals surface area contributed by atoms with Crippen molar-refractivity contribution >= 4 is 12.1 Å². The summed E-state index contributed by atoms with van der Waals surface area (Å²) in [6.45, 7) is 2.22. The van der Waals surface area contributed by atoms with Gasteiger partial charge < -0.3 is 31.1 Å². The van der Waals surface area contributed by atoms with E-state index in [0.717, 1.165) is 18.4 Å². The highest BCUT2D eigenvalue weighted by molar-refractivity contribution is 5.76. The highest BCUT2D eigenvalue weighted by Crippen LogP contribution is 2.03. The van der Waals surface area contributed by atoms with E-state index in [1.807, 2.05) is 18.5 Å². The molecule has 1 amide bonds. The molecule has 0 saturated carbocycles. The average Bonchev–Trinajstić information content (AvgIpc) is 2.46. The van der Waals surface area contributed by atoms with Gasteiger partial charge in [0.15, 0.2) is 6.10 Å². The second-order valence-electron chi connectivity index (χ2n) is 4.22. The predicted octanol–water partition coefficient (Wildman–Crippen LogP) is -0.900. The van der Waals surface area contributed by atoms with Crippen LogP contribution in [0.4, 0.5) is 4.79 Å². The molecule has 0 bridgehead atoms. The summed E-state index contributed by atoms with van der Waals surface area (Å²) in [5.41, 5.74) is 2.63. The third-order valence-electron chi connectivity index (χ3n) is 2.51. The average molecular weight is 335 g/mol. The van der Waals surface area contributed by atoms with Crippen LogP contribution in [-0.2, 0) is 20.8 Å². The van der Waals surface area contributed by atoms with Gasteiger partial charge in [0, 0.05) is 6.42 Å². The number of rotatable bonds is 6. The summed E-state index contributed by atoms with van der Waals surface area (Å²) in [5, 5.41) is 9.63. The van der Waals surface area contributed by atoms with E-state index in [9.17, 15) is 14.7 Å². The molecule has 0 radical (unpaired) electrons. The number of benzene rings is 1. The van der Waals surface area contributed by atoms with Gasteiger partial charge in [-0.2, -0.15) is 0 Å². The third-order valence-corrected chi connectivity index (χ3v) is 2.51. The van der Waals surface area contributed by atoms with Crippen LogP contribution in [0.15, 0.2) is 30.3 Å². The summed E-state index contributed by atoms with van der Waals surface area (Å²) in [5.74, 6) is -0.929. The topological polar surface area (TPSA) is 179 Å². The first-order valence-electron chi connectivity index (χ1n) is 6.49. The molecule has 134 valence electrons. The highest BCUT2D eigenvalue weighted by atomic mass is 16.7. The van der Waals surface area contributed by atoms with Crippen LogP contribution in [0.2, 0.25) is 0 Å². The summed E-state index contributed by atoms with van der Waals surface area (Å²) < 4.78 is 4.72. The van der Waals surface area contributed by atoms with E-state index in [1.165, 1.54) is 0 Å². The number of carbonyl (C=O) groups excluding carboxylic acids is 2. The van der Waals surface area contributed by atoms with Crippen molar-refractivity contribution in [3.63, 3.8) is 0 Å². The predicted molar refractivity (Wildman–Crippen MR) is 82.5 cm³/mol. The van der Waals surface area contributed by atoms with Gasteiger partial charge in [0.05, 0.1) is 6.61 Å². The lowest BCUT2D eigenvalue weighted by molar-refractivity contribution is -0.159. The Balaban J connectivity index is -0.00000133. The Morgan fingerprint density at radius 1 is 1.17 bits per heavy atom. The summed E-state index contributed by atoms with van der Waals surface area (Å²) in [7, 11) is 0. The number of ether oxygens (including phenoxy) is 1. The van der Waals surface area contributed by atoms with E-state index in [-0.39, 0.29) is 29.5 Å². The fourth-order valence-corrected chi connectivity index (χ4v) is 1.42. The minimum absolute atomic E-state index is 0. The standard InChI is InChI=1S/C14H19NO5.3H2O/c1-2-3-9-19-14(18)15-20-13(17)12(16)10-11-7-5-4-6-8-11;;;/h4-8,12,16H,2-3,9-10H2,1H3,(H,15,18);3*1H2. The van der Waals surface area contributed by atoms with Crippen molar-refractivity contribution < 1.29 is 40.7 Å². The SMILES string of the molecule is CCCCOC(=O)NOC(=O)C(O)Cc1ccccc1.O.O.O. The number of hydrogen-bond acceptors (Lipinski definition) is 5. The maximum atomic E-state index is 11.4. The molecule has 0 aromatic heterocycles. The van der Waals surface area contributed by atoms with Gasteiger partial charge in [0.25, 0.3) is 0 Å². The lowest BCUT2D eigenvalue weighted by Crippen LogP contribution is -2.34. The first kappa shape index (κ1) is 25.7. The maximum absolute atomic E-state index is 11.4. The molecule has 1 aromatic rings. The molecule has 0 saturated heterocycles. The minimum atomic E-state index is -1.34. The van der Waals surface area contributed by atoms with Crippen LogP contribution in [0.25, 0.3) is 0 Å². The first-order chi connectivity index (χ1) is 9.63. The Hall–Kier alpha value is -2.20. The zero-order chi connectivity index (χ0) is 14.8. The number of hydrogen-bond donors (Lipinski definition) is 2. The third kappa shape index (κ3) is 11.1. The Morgan fingerprint density at radius 3 is 2.35 bits per heavy atom. The van der Waals surface area contributed by atoms with Crippen molar-refractivity contribution in [1.29, 1.82) is 0 Å². The molecule has 0 fully saturated rings. The molecular formula is C14H25NO8. The Bertz CT molecular complexity index is 426. The molecule has 0 aliphatic carbocycles. The molecule has 0 spiro atoms. The van der Waals surface area contributed by atoms with Crippen molar-refractivity contribution in [3.8, 4) is 0 Å². The van der Waals surface area contributed by atoms with Crippen LogP contribution in [0.1, 0.15) is 25.3 Å². The van der Waals surface area contributed by atoms with E-state index in [1.54, 1.807) is 24.3 Å². The monoisotopic (exact) mass is 335 g/mol. The molecular weight excluding hydrogens is 310 g/mol. The molecule has 1 unspecified atom stereocenters. The molecule has 1 atom stereocenters. The number of carbonyl (C=O) groups is 2. The summed E-state index contributed by atoms with van der Waals surface area (Å²) in [6.07, 6.45) is -0.445. The van der Waals surface area contributed by atoms with E-state index in [4.69, 9.17) is 4.74 Å². The zero-order valence-electron chi connectivity index (χ0n) is 12.9. The van der Waals surface area contributed by atoms with Crippen molar-refractivity contribution in [2.45, 2.75) is 32.3 Å². The molecule has 9 nitrogen and oxygen atoms in total. The van der Waals surface area contributed by atoms with Gasteiger partial charge >= 0.3 is 12.1 Å². The van der Waals surface area contributed by atoms with Crippen molar-refractivity contribution in [3.05, 3.63) is 35.9 Å². The van der Waals surface area contributed by atoms with Crippen molar-refractivity contribution in [1.82, 2.24) is 5.48 Å². The van der Waals surface area contributed by atoms with Crippen molar-refractivity contribution in [2.75, 3.05) is 6.61 Å². The van der Waals surface area contributed by atoms with Crippen molar-refractivity contribution in [2.24, 2.45) is 0 Å². The molecule has 1 aromatic carbocycles. The van der Waals surface area contributed by atoms with Gasteiger partial charge in [-0.15, -0.1) is 5.48 Å². The van der Waals surface area contributed by atoms with Crippen LogP contribution in [0.3, 0.4) is 0 Å². The Morgan fingerprint density at radius 2 is 1.78 bits per heavy atom. The van der Waals surface area contributed by atoms with Gasteiger partial charge in [0.2, 0.25) is 0 Å². The lowest BCUT2D eigenvalue weighted by Gasteiger charge is -2.10. The molecule has 0 aliphatic rings. The van der Waals surface area contributed by atoms with E-state index in [2.05, 4.69) is 4.84 Å². The normalized spacial score (nSPS) is 10.0. The Kier molecular flexibility index (Phi) is 16.5. The summed E-state index contributed by atoms with van der Waals surface area (Å²) in [4.78, 5) is 27.0. The molecule has 23 heavy (non-hydrogen) atoms. The lowest BCUT2D eigenvalue weighted by atomic mass is 10.1. The zero-order valence-corrected chi connectivity index (χ0v) is 12.9. The fourth-order valence-electron chi connectivity index (χ4n) is 1.42. The highest BCUT2D eigenvalue weighted by Gasteiger charge is 2.18. The van der Waals surface area contributed by atoms with Gasteiger partial charge in [0.1, 0.15) is 0 Å². The van der Waals surface area contributed by atoms with Gasteiger partial charge in [-0.1, -0.05) is 43.7 Å². The van der Waals surface area contributed by atoms with Crippen LogP contribution in [0, 0.1) is 0 Å². The fraction of sp³-hybridized carbons (Fsp3) is 0.429.